The van der Waals surface area contributed by atoms with Crippen molar-refractivity contribution in [1.82, 2.24) is 5.32 Å². The summed E-state index contributed by atoms with van der Waals surface area (Å²) in [5.41, 5.74) is 0. The maximum Gasteiger partial charge on any atom is 0.00928 e. The second-order valence-electron chi connectivity index (χ2n) is 3.82. The SMILES string of the molecule is CC.CCCCCNC1CCC1C. The van der Waals surface area contributed by atoms with E-state index in [4.69, 9.17) is 0 Å². The molecule has 1 rings (SSSR count). The molecule has 0 aromatic rings. The maximum absolute atomic E-state index is 3.60. The van der Waals surface area contributed by atoms with Gasteiger partial charge >= 0.3 is 0 Å². The molecule has 2 unspecified atom stereocenters. The van der Waals surface area contributed by atoms with Gasteiger partial charge in [-0.15, -0.1) is 0 Å². The molecule has 0 aromatic carbocycles. The highest BCUT2D eigenvalue weighted by Gasteiger charge is 2.25. The fourth-order valence-electron chi connectivity index (χ4n) is 1.63. The van der Waals surface area contributed by atoms with Gasteiger partial charge in [-0.05, 0) is 31.7 Å². The van der Waals surface area contributed by atoms with E-state index < -0.39 is 0 Å². The van der Waals surface area contributed by atoms with Crippen molar-refractivity contribution in [2.24, 2.45) is 5.92 Å². The highest BCUT2D eigenvalue weighted by Crippen LogP contribution is 2.26. The van der Waals surface area contributed by atoms with Crippen LogP contribution in [0.15, 0.2) is 0 Å². The van der Waals surface area contributed by atoms with Crippen LogP contribution in [0, 0.1) is 5.92 Å². The molecule has 13 heavy (non-hydrogen) atoms. The van der Waals surface area contributed by atoms with Crippen molar-refractivity contribution in [3.05, 3.63) is 0 Å². The molecular formula is C12H27N. The molecule has 0 amide bonds. The molecule has 1 saturated carbocycles. The molecule has 1 fully saturated rings. The largest absolute Gasteiger partial charge is 0.314 e. The van der Waals surface area contributed by atoms with E-state index in [0.717, 1.165) is 12.0 Å². The molecule has 2 atom stereocenters. The lowest BCUT2D eigenvalue weighted by molar-refractivity contribution is 0.229. The second-order valence-corrected chi connectivity index (χ2v) is 3.82. The summed E-state index contributed by atoms with van der Waals surface area (Å²) in [7, 11) is 0. The summed E-state index contributed by atoms with van der Waals surface area (Å²) >= 11 is 0. The van der Waals surface area contributed by atoms with Crippen molar-refractivity contribution in [3.8, 4) is 0 Å². The Morgan fingerprint density at radius 1 is 1.15 bits per heavy atom. The maximum atomic E-state index is 3.60. The first-order valence-corrected chi connectivity index (χ1v) is 6.08. The molecule has 80 valence electrons. The molecule has 1 heteroatoms. The average Bonchev–Trinajstić information content (AvgIpc) is 2.18. The smallest absolute Gasteiger partial charge is 0.00928 e. The minimum Gasteiger partial charge on any atom is -0.314 e. The summed E-state index contributed by atoms with van der Waals surface area (Å²) < 4.78 is 0. The van der Waals surface area contributed by atoms with Gasteiger partial charge in [-0.2, -0.15) is 0 Å². The zero-order valence-corrected chi connectivity index (χ0v) is 9.90. The number of rotatable bonds is 5. The van der Waals surface area contributed by atoms with Crippen molar-refractivity contribution < 1.29 is 0 Å². The molecule has 0 bridgehead atoms. The van der Waals surface area contributed by atoms with E-state index in [1.165, 1.54) is 38.6 Å². The van der Waals surface area contributed by atoms with Crippen LogP contribution < -0.4 is 5.32 Å². The summed E-state index contributed by atoms with van der Waals surface area (Å²) in [5, 5.41) is 3.60. The third-order valence-electron chi connectivity index (χ3n) is 2.81. The Balaban J connectivity index is 0.000000671. The lowest BCUT2D eigenvalue weighted by Crippen LogP contribution is -2.42. The van der Waals surface area contributed by atoms with E-state index in [1.807, 2.05) is 13.8 Å². The van der Waals surface area contributed by atoms with Crippen molar-refractivity contribution in [1.29, 1.82) is 0 Å². The highest BCUT2D eigenvalue weighted by atomic mass is 14.9. The second kappa shape index (κ2) is 8.55. The quantitative estimate of drug-likeness (QED) is 0.645. The minimum atomic E-state index is 0.854. The van der Waals surface area contributed by atoms with Gasteiger partial charge < -0.3 is 5.32 Å². The van der Waals surface area contributed by atoms with Crippen LogP contribution in [0.25, 0.3) is 0 Å². The summed E-state index contributed by atoms with van der Waals surface area (Å²) in [6.45, 7) is 9.84. The summed E-state index contributed by atoms with van der Waals surface area (Å²) in [6.07, 6.45) is 6.93. The van der Waals surface area contributed by atoms with Gasteiger partial charge in [0.15, 0.2) is 0 Å². The molecule has 1 nitrogen and oxygen atoms in total. The predicted molar refractivity (Wildman–Crippen MR) is 61.1 cm³/mol. The third-order valence-corrected chi connectivity index (χ3v) is 2.81. The highest BCUT2D eigenvalue weighted by molar-refractivity contribution is 4.83. The fourth-order valence-corrected chi connectivity index (χ4v) is 1.63. The van der Waals surface area contributed by atoms with Crippen LogP contribution in [0.4, 0.5) is 0 Å². The summed E-state index contributed by atoms with van der Waals surface area (Å²) in [5.74, 6) is 0.941. The molecule has 0 heterocycles. The number of hydrogen-bond donors (Lipinski definition) is 1. The van der Waals surface area contributed by atoms with Gasteiger partial charge in [0.1, 0.15) is 0 Å². The predicted octanol–water partition coefficient (Wildman–Crippen LogP) is 3.59. The lowest BCUT2D eigenvalue weighted by atomic mass is 9.81. The van der Waals surface area contributed by atoms with E-state index in [1.54, 1.807) is 0 Å². The molecular weight excluding hydrogens is 158 g/mol. The molecule has 0 aliphatic heterocycles. The van der Waals surface area contributed by atoms with Crippen LogP contribution in [-0.2, 0) is 0 Å². The molecule has 1 aliphatic rings. The number of unbranched alkanes of at least 4 members (excludes halogenated alkanes) is 2. The summed E-state index contributed by atoms with van der Waals surface area (Å²) in [6, 6.07) is 0.854. The van der Waals surface area contributed by atoms with E-state index >= 15 is 0 Å². The van der Waals surface area contributed by atoms with E-state index in [9.17, 15) is 0 Å². The zero-order valence-electron chi connectivity index (χ0n) is 9.90. The number of hydrogen-bond acceptors (Lipinski definition) is 1. The van der Waals surface area contributed by atoms with Crippen LogP contribution in [0.1, 0.15) is 59.8 Å². The lowest BCUT2D eigenvalue weighted by Gasteiger charge is -2.34. The van der Waals surface area contributed by atoms with Gasteiger partial charge in [0.05, 0.1) is 0 Å². The molecule has 0 saturated heterocycles. The third kappa shape index (κ3) is 5.30. The Hall–Kier alpha value is -0.0400. The standard InChI is InChI=1S/C10H21N.C2H6/c1-3-4-5-8-11-10-7-6-9(10)2;1-2/h9-11H,3-8H2,1-2H3;1-2H3. The van der Waals surface area contributed by atoms with E-state index in [0.29, 0.717) is 0 Å². The first-order valence-electron chi connectivity index (χ1n) is 6.08. The van der Waals surface area contributed by atoms with Crippen molar-refractivity contribution in [2.45, 2.75) is 65.8 Å². The Labute approximate surface area is 84.3 Å². The van der Waals surface area contributed by atoms with Gasteiger partial charge in [-0.3, -0.25) is 0 Å². The van der Waals surface area contributed by atoms with Gasteiger partial charge in [0.25, 0.3) is 0 Å². The Kier molecular flexibility index (Phi) is 8.53. The van der Waals surface area contributed by atoms with Gasteiger partial charge in [0, 0.05) is 6.04 Å². The fraction of sp³-hybridized carbons (Fsp3) is 1.00. The topological polar surface area (TPSA) is 12.0 Å². The zero-order chi connectivity index (χ0) is 10.1. The molecule has 0 spiro atoms. The average molecular weight is 185 g/mol. The van der Waals surface area contributed by atoms with Crippen LogP contribution >= 0.6 is 0 Å². The Morgan fingerprint density at radius 2 is 1.85 bits per heavy atom. The van der Waals surface area contributed by atoms with Crippen molar-refractivity contribution in [3.63, 3.8) is 0 Å². The van der Waals surface area contributed by atoms with Crippen molar-refractivity contribution >= 4 is 0 Å². The van der Waals surface area contributed by atoms with Gasteiger partial charge in [0.2, 0.25) is 0 Å². The van der Waals surface area contributed by atoms with Gasteiger partial charge in [-0.1, -0.05) is 40.5 Å². The minimum absolute atomic E-state index is 0.854. The van der Waals surface area contributed by atoms with Crippen LogP contribution in [-0.4, -0.2) is 12.6 Å². The Morgan fingerprint density at radius 3 is 2.23 bits per heavy atom. The normalized spacial score (nSPS) is 25.8. The monoisotopic (exact) mass is 185 g/mol. The molecule has 0 radical (unpaired) electrons. The van der Waals surface area contributed by atoms with E-state index in [2.05, 4.69) is 19.2 Å². The van der Waals surface area contributed by atoms with E-state index in [-0.39, 0.29) is 0 Å². The van der Waals surface area contributed by atoms with Crippen LogP contribution in [0.3, 0.4) is 0 Å². The molecule has 1 aliphatic carbocycles. The first kappa shape index (κ1) is 13.0. The van der Waals surface area contributed by atoms with Crippen molar-refractivity contribution in [2.75, 3.05) is 6.54 Å². The Bertz CT molecular complexity index is 101. The summed E-state index contributed by atoms with van der Waals surface area (Å²) in [4.78, 5) is 0. The van der Waals surface area contributed by atoms with Crippen LogP contribution in [0.2, 0.25) is 0 Å². The van der Waals surface area contributed by atoms with Crippen LogP contribution in [0.5, 0.6) is 0 Å². The molecule has 0 aromatic heterocycles. The van der Waals surface area contributed by atoms with Gasteiger partial charge in [-0.25, -0.2) is 0 Å². The molecule has 1 N–H and O–H groups in total. The first-order chi connectivity index (χ1) is 6.34. The number of nitrogens with one attached hydrogen (secondary N) is 1.